The monoisotopic (exact) mass is 355 g/mol. The molecule has 138 valence electrons. The normalized spacial score (nSPS) is 18.9. The molecule has 0 bridgehead atoms. The molecule has 1 aliphatic rings. The van der Waals surface area contributed by atoms with E-state index in [0.717, 1.165) is 5.69 Å². The van der Waals surface area contributed by atoms with Gasteiger partial charge in [0.05, 0.1) is 5.69 Å². The second-order valence-electron chi connectivity index (χ2n) is 9.43. The molecule has 4 rings (SSSR count). The molecule has 0 radical (unpaired) electrons. The number of hydrogen-bond donors (Lipinski definition) is 0. The zero-order valence-electron chi connectivity index (χ0n) is 17.3. The highest BCUT2D eigenvalue weighted by atomic mass is 14.7. The molecule has 1 heterocycles. The van der Waals surface area contributed by atoms with Crippen LogP contribution in [0.4, 0.5) is 0 Å². The Hall–Kier alpha value is -2.41. The Morgan fingerprint density at radius 3 is 1.96 bits per heavy atom. The van der Waals surface area contributed by atoms with Gasteiger partial charge in [0.25, 0.3) is 0 Å². The zero-order valence-corrected chi connectivity index (χ0v) is 17.3. The van der Waals surface area contributed by atoms with Gasteiger partial charge in [-0.1, -0.05) is 84.0 Å². The molecule has 1 aromatic heterocycles. The second kappa shape index (κ2) is 5.79. The standard InChI is InChI=1S/C26H29N/c1-24(2)21-13-12-20(16-22(21)25(3,4)26(24,5)6)23-17-19(14-15-27-23)18-10-8-7-9-11-18/h7-17H,1-6H3. The van der Waals surface area contributed by atoms with E-state index in [0.29, 0.717) is 0 Å². The van der Waals surface area contributed by atoms with Crippen molar-refractivity contribution < 1.29 is 0 Å². The van der Waals surface area contributed by atoms with E-state index in [1.165, 1.54) is 27.8 Å². The van der Waals surface area contributed by atoms with Gasteiger partial charge in [-0.2, -0.15) is 0 Å². The third-order valence-electron chi connectivity index (χ3n) is 7.65. The van der Waals surface area contributed by atoms with Crippen LogP contribution in [0.5, 0.6) is 0 Å². The summed E-state index contributed by atoms with van der Waals surface area (Å²) in [5.74, 6) is 0. The summed E-state index contributed by atoms with van der Waals surface area (Å²) in [6.45, 7) is 14.3. The Morgan fingerprint density at radius 2 is 1.26 bits per heavy atom. The number of benzene rings is 2. The predicted molar refractivity (Wildman–Crippen MR) is 115 cm³/mol. The van der Waals surface area contributed by atoms with Gasteiger partial charge in [-0.15, -0.1) is 0 Å². The minimum absolute atomic E-state index is 0.110. The molecule has 1 nitrogen and oxygen atoms in total. The smallest absolute Gasteiger partial charge is 0.0708 e. The summed E-state index contributed by atoms with van der Waals surface area (Å²) in [5, 5.41) is 0. The third-order valence-corrected chi connectivity index (χ3v) is 7.65. The van der Waals surface area contributed by atoms with Crippen LogP contribution >= 0.6 is 0 Å². The molecule has 0 atom stereocenters. The molecule has 3 aromatic rings. The average molecular weight is 356 g/mol. The molecule has 0 saturated heterocycles. The van der Waals surface area contributed by atoms with Crippen molar-refractivity contribution in [2.45, 2.75) is 52.4 Å². The molecule has 0 N–H and O–H groups in total. The van der Waals surface area contributed by atoms with Gasteiger partial charge in [0.15, 0.2) is 0 Å². The zero-order chi connectivity index (χ0) is 19.4. The lowest BCUT2D eigenvalue weighted by Crippen LogP contribution is -2.42. The highest BCUT2D eigenvalue weighted by molar-refractivity contribution is 5.71. The van der Waals surface area contributed by atoms with Gasteiger partial charge in [0, 0.05) is 11.8 Å². The van der Waals surface area contributed by atoms with Crippen LogP contribution in [-0.2, 0) is 10.8 Å². The van der Waals surface area contributed by atoms with Crippen molar-refractivity contribution in [1.82, 2.24) is 4.98 Å². The minimum Gasteiger partial charge on any atom is -0.256 e. The maximum Gasteiger partial charge on any atom is 0.0708 e. The number of aromatic nitrogens is 1. The largest absolute Gasteiger partial charge is 0.256 e. The Labute approximate surface area is 163 Å². The van der Waals surface area contributed by atoms with E-state index in [-0.39, 0.29) is 16.2 Å². The SMILES string of the molecule is CC1(C)c2ccc(-c3cc(-c4ccccc4)ccn3)cc2C(C)(C)C1(C)C. The molecule has 0 amide bonds. The van der Waals surface area contributed by atoms with Crippen LogP contribution in [0.25, 0.3) is 22.4 Å². The van der Waals surface area contributed by atoms with E-state index in [2.05, 4.69) is 107 Å². The summed E-state index contributed by atoms with van der Waals surface area (Å²) in [5.41, 5.74) is 8.04. The highest BCUT2D eigenvalue weighted by Crippen LogP contribution is 2.61. The first-order valence-corrected chi connectivity index (χ1v) is 9.83. The summed E-state index contributed by atoms with van der Waals surface area (Å²) in [6.07, 6.45) is 1.92. The predicted octanol–water partition coefficient (Wildman–Crippen LogP) is 7.01. The maximum atomic E-state index is 4.68. The first-order chi connectivity index (χ1) is 12.7. The van der Waals surface area contributed by atoms with E-state index in [4.69, 9.17) is 0 Å². The number of hydrogen-bond acceptors (Lipinski definition) is 1. The van der Waals surface area contributed by atoms with Crippen molar-refractivity contribution in [1.29, 1.82) is 0 Å². The van der Waals surface area contributed by atoms with E-state index in [1.54, 1.807) is 0 Å². The average Bonchev–Trinajstić information content (AvgIpc) is 2.77. The van der Waals surface area contributed by atoms with E-state index in [9.17, 15) is 0 Å². The Bertz CT molecular complexity index is 994. The summed E-state index contributed by atoms with van der Waals surface area (Å²) < 4.78 is 0. The molecule has 0 spiro atoms. The van der Waals surface area contributed by atoms with Crippen molar-refractivity contribution in [3.63, 3.8) is 0 Å². The van der Waals surface area contributed by atoms with Crippen molar-refractivity contribution in [2.24, 2.45) is 5.41 Å². The minimum atomic E-state index is 0.110. The number of pyridine rings is 1. The Kier molecular flexibility index (Phi) is 3.86. The van der Waals surface area contributed by atoms with Crippen LogP contribution in [-0.4, -0.2) is 4.98 Å². The molecule has 0 saturated carbocycles. The molecule has 1 heteroatoms. The Balaban J connectivity index is 1.83. The lowest BCUT2D eigenvalue weighted by atomic mass is 9.59. The van der Waals surface area contributed by atoms with Gasteiger partial charge in [-0.25, -0.2) is 0 Å². The van der Waals surface area contributed by atoms with Crippen LogP contribution in [0.3, 0.4) is 0 Å². The van der Waals surface area contributed by atoms with Gasteiger partial charge >= 0.3 is 0 Å². The quantitative estimate of drug-likeness (QED) is 0.482. The topological polar surface area (TPSA) is 12.9 Å². The van der Waals surface area contributed by atoms with Crippen molar-refractivity contribution in [3.8, 4) is 22.4 Å². The van der Waals surface area contributed by atoms with E-state index < -0.39 is 0 Å². The summed E-state index contributed by atoms with van der Waals surface area (Å²) in [7, 11) is 0. The summed E-state index contributed by atoms with van der Waals surface area (Å²) in [6, 6.07) is 21.8. The van der Waals surface area contributed by atoms with Gasteiger partial charge < -0.3 is 0 Å². The van der Waals surface area contributed by atoms with Crippen LogP contribution in [0.2, 0.25) is 0 Å². The first-order valence-electron chi connectivity index (χ1n) is 9.83. The number of rotatable bonds is 2. The van der Waals surface area contributed by atoms with Crippen molar-refractivity contribution >= 4 is 0 Å². The summed E-state index contributed by atoms with van der Waals surface area (Å²) in [4.78, 5) is 4.68. The van der Waals surface area contributed by atoms with Crippen LogP contribution in [0.15, 0.2) is 66.9 Å². The number of nitrogens with zero attached hydrogens (tertiary/aromatic N) is 1. The van der Waals surface area contributed by atoms with Crippen LogP contribution < -0.4 is 0 Å². The molecular weight excluding hydrogens is 326 g/mol. The molecule has 0 unspecified atom stereocenters. The molecule has 2 aromatic carbocycles. The van der Waals surface area contributed by atoms with Crippen molar-refractivity contribution in [3.05, 3.63) is 78.0 Å². The molecule has 0 fully saturated rings. The van der Waals surface area contributed by atoms with Crippen LogP contribution in [0, 0.1) is 5.41 Å². The molecule has 27 heavy (non-hydrogen) atoms. The lowest BCUT2D eigenvalue weighted by molar-refractivity contribution is 0.125. The first kappa shape index (κ1) is 18.0. The molecular formula is C26H29N. The van der Waals surface area contributed by atoms with E-state index >= 15 is 0 Å². The highest BCUT2D eigenvalue weighted by Gasteiger charge is 2.56. The van der Waals surface area contributed by atoms with Gasteiger partial charge in [0.1, 0.15) is 0 Å². The maximum absolute atomic E-state index is 4.68. The lowest BCUT2D eigenvalue weighted by Gasteiger charge is -2.44. The Morgan fingerprint density at radius 1 is 0.593 bits per heavy atom. The fourth-order valence-corrected chi connectivity index (χ4v) is 4.62. The third kappa shape index (κ3) is 2.48. The van der Waals surface area contributed by atoms with Gasteiger partial charge in [-0.05, 0) is 56.7 Å². The summed E-state index contributed by atoms with van der Waals surface area (Å²) >= 11 is 0. The second-order valence-corrected chi connectivity index (χ2v) is 9.43. The fourth-order valence-electron chi connectivity index (χ4n) is 4.62. The molecule has 1 aliphatic carbocycles. The van der Waals surface area contributed by atoms with Crippen LogP contribution in [0.1, 0.15) is 52.7 Å². The molecule has 0 aliphatic heterocycles. The number of fused-ring (bicyclic) bond motifs is 1. The van der Waals surface area contributed by atoms with E-state index in [1.807, 2.05) is 6.20 Å². The fraction of sp³-hybridized carbons (Fsp3) is 0.346. The van der Waals surface area contributed by atoms with Crippen molar-refractivity contribution in [2.75, 3.05) is 0 Å². The van der Waals surface area contributed by atoms with Gasteiger partial charge in [-0.3, -0.25) is 4.98 Å². The van der Waals surface area contributed by atoms with Gasteiger partial charge in [0.2, 0.25) is 0 Å².